The summed E-state index contributed by atoms with van der Waals surface area (Å²) in [7, 11) is 0. The molecule has 0 saturated heterocycles. The van der Waals surface area contributed by atoms with Gasteiger partial charge in [-0.05, 0) is 18.6 Å². The minimum atomic E-state index is -0.0233. The van der Waals surface area contributed by atoms with Gasteiger partial charge in [0.05, 0.1) is 13.0 Å². The van der Waals surface area contributed by atoms with Gasteiger partial charge in [0, 0.05) is 12.6 Å². The smallest absolute Gasteiger partial charge is 0.223 e. The maximum Gasteiger partial charge on any atom is 0.223 e. The van der Waals surface area contributed by atoms with Crippen LogP contribution in [0.4, 0.5) is 0 Å². The molecule has 1 aromatic rings. The van der Waals surface area contributed by atoms with Crippen molar-refractivity contribution in [1.82, 2.24) is 5.32 Å². The third kappa shape index (κ3) is 5.92. The second-order valence-electron chi connectivity index (χ2n) is 3.88. The fourth-order valence-electron chi connectivity index (χ4n) is 1.26. The van der Waals surface area contributed by atoms with Gasteiger partial charge >= 0.3 is 0 Å². The fourth-order valence-corrected chi connectivity index (χ4v) is 1.26. The molecule has 0 saturated carbocycles. The number of benzene rings is 1. The van der Waals surface area contributed by atoms with Gasteiger partial charge < -0.3 is 15.8 Å². The summed E-state index contributed by atoms with van der Waals surface area (Å²) in [6.07, 6.45) is 1.21. The summed E-state index contributed by atoms with van der Waals surface area (Å²) in [6.45, 7) is 2.91. The lowest BCUT2D eigenvalue weighted by molar-refractivity contribution is -0.121. The quantitative estimate of drug-likeness (QED) is 0.750. The molecule has 94 valence electrons. The summed E-state index contributed by atoms with van der Waals surface area (Å²) in [5, 5.41) is 2.78. The van der Waals surface area contributed by atoms with E-state index < -0.39 is 0 Å². The summed E-state index contributed by atoms with van der Waals surface area (Å²) in [5.74, 6) is 0.760. The Kier molecular flexibility index (Phi) is 6.10. The Morgan fingerprint density at radius 1 is 1.41 bits per heavy atom. The van der Waals surface area contributed by atoms with Crippen LogP contribution < -0.4 is 15.8 Å². The van der Waals surface area contributed by atoms with E-state index in [-0.39, 0.29) is 11.9 Å². The zero-order chi connectivity index (χ0) is 12.5. The third-order valence-corrected chi connectivity index (χ3v) is 2.43. The number of hydrogen-bond acceptors (Lipinski definition) is 3. The number of nitrogens with two attached hydrogens (primary N) is 1. The summed E-state index contributed by atoms with van der Waals surface area (Å²) < 4.78 is 5.42. The van der Waals surface area contributed by atoms with Crippen LogP contribution >= 0.6 is 0 Å². The number of carbonyl (C=O) groups excluding carboxylic acids is 1. The molecule has 0 aliphatic carbocycles. The third-order valence-electron chi connectivity index (χ3n) is 2.43. The molecule has 1 rings (SSSR count). The topological polar surface area (TPSA) is 64.3 Å². The molecule has 0 spiro atoms. The Balaban J connectivity index is 2.12. The number of nitrogens with one attached hydrogen (secondary N) is 1. The molecule has 3 N–H and O–H groups in total. The molecule has 0 bridgehead atoms. The molecule has 0 heterocycles. The highest BCUT2D eigenvalue weighted by Gasteiger charge is 2.04. The normalized spacial score (nSPS) is 11.9. The van der Waals surface area contributed by atoms with E-state index in [2.05, 4.69) is 5.32 Å². The number of ether oxygens (including phenoxy) is 1. The van der Waals surface area contributed by atoms with Gasteiger partial charge in [-0.25, -0.2) is 0 Å². The lowest BCUT2D eigenvalue weighted by atomic mass is 10.2. The first kappa shape index (κ1) is 13.5. The van der Waals surface area contributed by atoms with E-state index in [9.17, 15) is 4.79 Å². The molecule has 0 aliphatic heterocycles. The summed E-state index contributed by atoms with van der Waals surface area (Å²) in [6, 6.07) is 9.49. The fraction of sp³-hybridized carbons (Fsp3) is 0.462. The van der Waals surface area contributed by atoms with Crippen LogP contribution in [-0.2, 0) is 4.79 Å². The first-order valence-electron chi connectivity index (χ1n) is 5.92. The van der Waals surface area contributed by atoms with Gasteiger partial charge in [0.25, 0.3) is 0 Å². The largest absolute Gasteiger partial charge is 0.493 e. The van der Waals surface area contributed by atoms with E-state index in [0.717, 1.165) is 12.2 Å². The molecular formula is C13H20N2O2. The zero-order valence-electron chi connectivity index (χ0n) is 10.2. The molecule has 4 heteroatoms. The Bertz CT molecular complexity index is 327. The van der Waals surface area contributed by atoms with E-state index in [1.807, 2.05) is 37.3 Å². The Morgan fingerprint density at radius 3 is 2.76 bits per heavy atom. The molecule has 17 heavy (non-hydrogen) atoms. The van der Waals surface area contributed by atoms with E-state index in [1.54, 1.807) is 0 Å². The van der Waals surface area contributed by atoms with E-state index in [1.165, 1.54) is 0 Å². The average molecular weight is 236 g/mol. The van der Waals surface area contributed by atoms with Crippen molar-refractivity contribution in [2.45, 2.75) is 25.8 Å². The summed E-state index contributed by atoms with van der Waals surface area (Å²) in [4.78, 5) is 11.4. The molecular weight excluding hydrogens is 216 g/mol. The Labute approximate surface area is 102 Å². The first-order valence-corrected chi connectivity index (χ1v) is 5.92. The van der Waals surface area contributed by atoms with Crippen molar-refractivity contribution in [2.75, 3.05) is 13.2 Å². The highest BCUT2D eigenvalue weighted by Crippen LogP contribution is 2.08. The SMILES string of the molecule is CCC(N)CNC(=O)CCOc1ccccc1. The first-order chi connectivity index (χ1) is 8.22. The second-order valence-corrected chi connectivity index (χ2v) is 3.88. The molecule has 1 aromatic carbocycles. The summed E-state index contributed by atoms with van der Waals surface area (Å²) in [5.41, 5.74) is 5.70. The van der Waals surface area contributed by atoms with Crippen molar-refractivity contribution in [2.24, 2.45) is 5.73 Å². The molecule has 1 amide bonds. The Hall–Kier alpha value is -1.55. The van der Waals surface area contributed by atoms with Crippen LogP contribution in [0.5, 0.6) is 5.75 Å². The van der Waals surface area contributed by atoms with Crippen LogP contribution in [0, 0.1) is 0 Å². The van der Waals surface area contributed by atoms with Gasteiger partial charge in [0.15, 0.2) is 0 Å². The predicted molar refractivity (Wildman–Crippen MR) is 67.8 cm³/mol. The maximum absolute atomic E-state index is 11.4. The van der Waals surface area contributed by atoms with Crippen LogP contribution in [0.3, 0.4) is 0 Å². The molecule has 0 fully saturated rings. The standard InChI is InChI=1S/C13H20N2O2/c1-2-11(14)10-15-13(16)8-9-17-12-6-4-3-5-7-12/h3-7,11H,2,8-10,14H2,1H3,(H,15,16). The van der Waals surface area contributed by atoms with Crippen molar-refractivity contribution < 1.29 is 9.53 Å². The van der Waals surface area contributed by atoms with Crippen molar-refractivity contribution in [3.63, 3.8) is 0 Å². The zero-order valence-corrected chi connectivity index (χ0v) is 10.2. The van der Waals surface area contributed by atoms with Gasteiger partial charge in [-0.15, -0.1) is 0 Å². The van der Waals surface area contributed by atoms with Crippen LogP contribution in [0.15, 0.2) is 30.3 Å². The number of para-hydroxylation sites is 1. The van der Waals surface area contributed by atoms with E-state index in [0.29, 0.717) is 19.6 Å². The lowest BCUT2D eigenvalue weighted by Crippen LogP contribution is -2.37. The van der Waals surface area contributed by atoms with Crippen LogP contribution in [0.1, 0.15) is 19.8 Å². The minimum absolute atomic E-state index is 0.0233. The van der Waals surface area contributed by atoms with Crippen molar-refractivity contribution in [3.05, 3.63) is 30.3 Å². The molecule has 0 radical (unpaired) electrons. The summed E-state index contributed by atoms with van der Waals surface area (Å²) >= 11 is 0. The molecule has 1 atom stereocenters. The average Bonchev–Trinajstić information content (AvgIpc) is 2.37. The van der Waals surface area contributed by atoms with Gasteiger partial charge in [-0.2, -0.15) is 0 Å². The van der Waals surface area contributed by atoms with Gasteiger partial charge in [0.1, 0.15) is 5.75 Å². The van der Waals surface area contributed by atoms with Gasteiger partial charge in [-0.3, -0.25) is 4.79 Å². The lowest BCUT2D eigenvalue weighted by Gasteiger charge is -2.10. The van der Waals surface area contributed by atoms with Crippen molar-refractivity contribution >= 4 is 5.91 Å². The molecule has 0 aliphatic rings. The maximum atomic E-state index is 11.4. The van der Waals surface area contributed by atoms with E-state index >= 15 is 0 Å². The Morgan fingerprint density at radius 2 is 2.12 bits per heavy atom. The van der Waals surface area contributed by atoms with Gasteiger partial charge in [-0.1, -0.05) is 25.1 Å². The molecule has 4 nitrogen and oxygen atoms in total. The highest BCUT2D eigenvalue weighted by molar-refractivity contribution is 5.76. The number of hydrogen-bond donors (Lipinski definition) is 2. The van der Waals surface area contributed by atoms with Crippen LogP contribution in [-0.4, -0.2) is 25.1 Å². The predicted octanol–water partition coefficient (Wildman–Crippen LogP) is 1.31. The molecule has 0 aromatic heterocycles. The number of rotatable bonds is 7. The van der Waals surface area contributed by atoms with Crippen molar-refractivity contribution in [3.8, 4) is 5.75 Å². The monoisotopic (exact) mass is 236 g/mol. The van der Waals surface area contributed by atoms with Gasteiger partial charge in [0.2, 0.25) is 5.91 Å². The van der Waals surface area contributed by atoms with E-state index in [4.69, 9.17) is 10.5 Å². The van der Waals surface area contributed by atoms with Crippen LogP contribution in [0.25, 0.3) is 0 Å². The highest BCUT2D eigenvalue weighted by atomic mass is 16.5. The minimum Gasteiger partial charge on any atom is -0.493 e. The number of amides is 1. The second kappa shape index (κ2) is 7.68. The number of carbonyl (C=O) groups is 1. The molecule has 1 unspecified atom stereocenters. The van der Waals surface area contributed by atoms with Crippen molar-refractivity contribution in [1.29, 1.82) is 0 Å². The van der Waals surface area contributed by atoms with Crippen LogP contribution in [0.2, 0.25) is 0 Å².